The standard InChI is InChI=1S/C20H27NO4/c1-14-6-7-15(2)16(12-14)17(22)8-9-18(23)21-13-20(19(24)25)10-4-3-5-11-20/h6-7,12H,3-5,8-11,13H2,1-2H3,(H,21,23)(H,24,25). The summed E-state index contributed by atoms with van der Waals surface area (Å²) in [5.41, 5.74) is 1.73. The molecule has 1 aromatic carbocycles. The number of aryl methyl sites for hydroxylation is 2. The van der Waals surface area contributed by atoms with Crippen LogP contribution in [0.1, 0.15) is 66.4 Å². The first kappa shape index (κ1) is 19.2. The minimum absolute atomic E-state index is 0.0537. The normalized spacial score (nSPS) is 16.2. The second kappa shape index (κ2) is 8.28. The summed E-state index contributed by atoms with van der Waals surface area (Å²) in [6, 6.07) is 5.70. The number of carbonyl (C=O) groups is 3. The lowest BCUT2D eigenvalue weighted by atomic mass is 9.74. The summed E-state index contributed by atoms with van der Waals surface area (Å²) in [7, 11) is 0. The topological polar surface area (TPSA) is 83.5 Å². The van der Waals surface area contributed by atoms with Crippen molar-refractivity contribution in [2.24, 2.45) is 5.41 Å². The Balaban J connectivity index is 1.87. The Labute approximate surface area is 148 Å². The summed E-state index contributed by atoms with van der Waals surface area (Å²) in [4.78, 5) is 36.0. The zero-order chi connectivity index (χ0) is 18.4. The Hall–Kier alpha value is -2.17. The van der Waals surface area contributed by atoms with Crippen LogP contribution in [0.3, 0.4) is 0 Å². The van der Waals surface area contributed by atoms with E-state index in [-0.39, 0.29) is 31.1 Å². The fourth-order valence-corrected chi connectivity index (χ4v) is 3.45. The summed E-state index contributed by atoms with van der Waals surface area (Å²) in [5.74, 6) is -1.15. The molecular weight excluding hydrogens is 318 g/mol. The monoisotopic (exact) mass is 345 g/mol. The molecule has 1 amide bonds. The quantitative estimate of drug-likeness (QED) is 0.742. The first-order chi connectivity index (χ1) is 11.8. The van der Waals surface area contributed by atoms with Gasteiger partial charge in [0.2, 0.25) is 5.91 Å². The van der Waals surface area contributed by atoms with Crippen LogP contribution in [0.15, 0.2) is 18.2 Å². The van der Waals surface area contributed by atoms with E-state index in [1.165, 1.54) is 0 Å². The number of ketones is 1. The zero-order valence-corrected chi connectivity index (χ0v) is 15.1. The molecule has 136 valence electrons. The van der Waals surface area contributed by atoms with Crippen LogP contribution in [0.5, 0.6) is 0 Å². The lowest BCUT2D eigenvalue weighted by Gasteiger charge is -2.33. The number of carbonyl (C=O) groups excluding carboxylic acids is 2. The van der Waals surface area contributed by atoms with E-state index in [1.54, 1.807) is 0 Å². The maximum Gasteiger partial charge on any atom is 0.311 e. The maximum atomic E-state index is 12.3. The van der Waals surface area contributed by atoms with Gasteiger partial charge < -0.3 is 10.4 Å². The highest BCUT2D eigenvalue weighted by Crippen LogP contribution is 2.36. The van der Waals surface area contributed by atoms with Gasteiger partial charge in [-0.1, -0.05) is 37.0 Å². The summed E-state index contributed by atoms with van der Waals surface area (Å²) in [6.07, 6.45) is 4.24. The first-order valence-corrected chi connectivity index (χ1v) is 8.95. The number of rotatable bonds is 7. The van der Waals surface area contributed by atoms with Crippen molar-refractivity contribution in [1.29, 1.82) is 0 Å². The van der Waals surface area contributed by atoms with Crippen LogP contribution in [-0.4, -0.2) is 29.3 Å². The number of nitrogens with one attached hydrogen (secondary N) is 1. The third-order valence-corrected chi connectivity index (χ3v) is 5.16. The van der Waals surface area contributed by atoms with Gasteiger partial charge in [0.15, 0.2) is 5.78 Å². The Morgan fingerprint density at radius 3 is 2.40 bits per heavy atom. The molecule has 5 heteroatoms. The number of aliphatic carboxylic acids is 1. The minimum atomic E-state index is -0.842. The van der Waals surface area contributed by atoms with Gasteiger partial charge in [0.05, 0.1) is 5.41 Å². The highest BCUT2D eigenvalue weighted by molar-refractivity contribution is 5.99. The molecule has 0 atom stereocenters. The predicted molar refractivity (Wildman–Crippen MR) is 95.6 cm³/mol. The number of carboxylic acids is 1. The Kier molecular flexibility index (Phi) is 6.34. The SMILES string of the molecule is Cc1ccc(C)c(C(=O)CCC(=O)NCC2(C(=O)O)CCCCC2)c1. The van der Waals surface area contributed by atoms with Crippen molar-refractivity contribution in [3.63, 3.8) is 0 Å². The molecule has 1 aliphatic rings. The van der Waals surface area contributed by atoms with Gasteiger partial charge in [-0.15, -0.1) is 0 Å². The van der Waals surface area contributed by atoms with Gasteiger partial charge in [-0.05, 0) is 38.3 Å². The molecule has 0 aliphatic heterocycles. The van der Waals surface area contributed by atoms with Gasteiger partial charge in [0, 0.05) is 24.9 Å². The van der Waals surface area contributed by atoms with Crippen molar-refractivity contribution in [3.05, 3.63) is 34.9 Å². The Morgan fingerprint density at radius 2 is 1.76 bits per heavy atom. The van der Waals surface area contributed by atoms with Crippen LogP contribution in [0.25, 0.3) is 0 Å². The molecule has 0 saturated heterocycles. The fraction of sp³-hybridized carbons (Fsp3) is 0.550. The largest absolute Gasteiger partial charge is 0.481 e. The number of carboxylic acid groups (broad SMARTS) is 1. The smallest absolute Gasteiger partial charge is 0.311 e. The highest BCUT2D eigenvalue weighted by atomic mass is 16.4. The summed E-state index contributed by atoms with van der Waals surface area (Å²) in [6.45, 7) is 3.96. The Bertz CT molecular complexity index is 660. The molecule has 1 aromatic rings. The van der Waals surface area contributed by atoms with E-state index in [9.17, 15) is 19.5 Å². The molecule has 0 heterocycles. The number of amides is 1. The summed E-state index contributed by atoms with van der Waals surface area (Å²) < 4.78 is 0. The number of hydrogen-bond acceptors (Lipinski definition) is 3. The van der Waals surface area contributed by atoms with Gasteiger partial charge >= 0.3 is 5.97 Å². The van der Waals surface area contributed by atoms with Crippen LogP contribution >= 0.6 is 0 Å². The predicted octanol–water partition coefficient (Wildman–Crippen LogP) is 3.42. The van der Waals surface area contributed by atoms with E-state index >= 15 is 0 Å². The van der Waals surface area contributed by atoms with Crippen LogP contribution < -0.4 is 5.32 Å². The molecule has 1 aliphatic carbocycles. The minimum Gasteiger partial charge on any atom is -0.481 e. The van der Waals surface area contributed by atoms with Gasteiger partial charge in [-0.2, -0.15) is 0 Å². The van der Waals surface area contributed by atoms with Gasteiger partial charge in [-0.25, -0.2) is 0 Å². The van der Waals surface area contributed by atoms with Crippen molar-refractivity contribution in [3.8, 4) is 0 Å². The fourth-order valence-electron chi connectivity index (χ4n) is 3.45. The average molecular weight is 345 g/mol. The summed E-state index contributed by atoms with van der Waals surface area (Å²) in [5, 5.41) is 12.3. The molecule has 0 radical (unpaired) electrons. The summed E-state index contributed by atoms with van der Waals surface area (Å²) >= 11 is 0. The number of hydrogen-bond donors (Lipinski definition) is 2. The lowest BCUT2D eigenvalue weighted by molar-refractivity contribution is -0.151. The van der Waals surface area contributed by atoms with E-state index in [2.05, 4.69) is 5.32 Å². The van der Waals surface area contributed by atoms with E-state index in [0.717, 1.165) is 30.4 Å². The highest BCUT2D eigenvalue weighted by Gasteiger charge is 2.39. The van der Waals surface area contributed by atoms with Gasteiger partial charge in [0.1, 0.15) is 0 Å². The third kappa shape index (κ3) is 4.91. The molecule has 0 aromatic heterocycles. The maximum absolute atomic E-state index is 12.3. The third-order valence-electron chi connectivity index (χ3n) is 5.16. The van der Waals surface area contributed by atoms with E-state index in [4.69, 9.17) is 0 Å². The molecule has 1 fully saturated rings. The molecule has 25 heavy (non-hydrogen) atoms. The molecule has 0 bridgehead atoms. The number of benzene rings is 1. The number of Topliss-reactive ketones (excluding diaryl/α,β-unsaturated/α-hetero) is 1. The second-order valence-electron chi connectivity index (χ2n) is 7.16. The molecule has 0 spiro atoms. The zero-order valence-electron chi connectivity index (χ0n) is 15.1. The van der Waals surface area contributed by atoms with Gasteiger partial charge in [0.25, 0.3) is 0 Å². The molecular formula is C20H27NO4. The van der Waals surface area contributed by atoms with Crippen LogP contribution in [0.2, 0.25) is 0 Å². The van der Waals surface area contributed by atoms with Crippen molar-refractivity contribution < 1.29 is 19.5 Å². The lowest BCUT2D eigenvalue weighted by Crippen LogP contribution is -2.44. The van der Waals surface area contributed by atoms with Crippen molar-refractivity contribution in [1.82, 2.24) is 5.32 Å². The second-order valence-corrected chi connectivity index (χ2v) is 7.16. The van der Waals surface area contributed by atoms with Crippen LogP contribution in [0.4, 0.5) is 0 Å². The van der Waals surface area contributed by atoms with E-state index < -0.39 is 11.4 Å². The van der Waals surface area contributed by atoms with Crippen LogP contribution in [-0.2, 0) is 9.59 Å². The van der Waals surface area contributed by atoms with Crippen molar-refractivity contribution in [2.45, 2.75) is 58.8 Å². The van der Waals surface area contributed by atoms with Gasteiger partial charge in [-0.3, -0.25) is 14.4 Å². The average Bonchev–Trinajstić information content (AvgIpc) is 2.60. The molecule has 0 unspecified atom stereocenters. The molecule has 2 N–H and O–H groups in total. The first-order valence-electron chi connectivity index (χ1n) is 8.95. The van der Waals surface area contributed by atoms with E-state index in [0.29, 0.717) is 18.4 Å². The van der Waals surface area contributed by atoms with Crippen LogP contribution in [0, 0.1) is 19.3 Å². The molecule has 5 nitrogen and oxygen atoms in total. The van der Waals surface area contributed by atoms with Crippen molar-refractivity contribution in [2.75, 3.05) is 6.54 Å². The molecule has 1 saturated carbocycles. The molecule has 2 rings (SSSR count). The Morgan fingerprint density at radius 1 is 1.08 bits per heavy atom. The van der Waals surface area contributed by atoms with Crippen molar-refractivity contribution >= 4 is 17.7 Å². The van der Waals surface area contributed by atoms with E-state index in [1.807, 2.05) is 32.0 Å².